The summed E-state index contributed by atoms with van der Waals surface area (Å²) in [6.45, 7) is 5.98. The Bertz CT molecular complexity index is 647. The Labute approximate surface area is 127 Å². The Morgan fingerprint density at radius 2 is 2.10 bits per heavy atom. The van der Waals surface area contributed by atoms with E-state index in [-0.39, 0.29) is 5.95 Å². The highest BCUT2D eigenvalue weighted by molar-refractivity contribution is 6.33. The predicted molar refractivity (Wildman–Crippen MR) is 78.8 cm³/mol. The van der Waals surface area contributed by atoms with Crippen LogP contribution in [0.2, 0.25) is 5.15 Å². The monoisotopic (exact) mass is 311 g/mol. The van der Waals surface area contributed by atoms with Crippen LogP contribution in [0.1, 0.15) is 20.3 Å². The van der Waals surface area contributed by atoms with E-state index in [2.05, 4.69) is 15.0 Å². The molecule has 0 saturated carbocycles. The van der Waals surface area contributed by atoms with Crippen LogP contribution >= 0.6 is 11.6 Å². The van der Waals surface area contributed by atoms with Crippen molar-refractivity contribution in [3.05, 3.63) is 11.5 Å². The highest BCUT2D eigenvalue weighted by Gasteiger charge is 2.28. The van der Waals surface area contributed by atoms with Crippen LogP contribution in [0.25, 0.3) is 11.2 Å². The molecule has 1 aliphatic heterocycles. The van der Waals surface area contributed by atoms with Gasteiger partial charge in [-0.2, -0.15) is 9.97 Å². The van der Waals surface area contributed by atoms with Crippen LogP contribution in [-0.4, -0.2) is 38.5 Å². The smallest absolute Gasteiger partial charge is 0.223 e. The summed E-state index contributed by atoms with van der Waals surface area (Å²) in [5.74, 6) is 0.00498. The van der Waals surface area contributed by atoms with Gasteiger partial charge in [-0.05, 0) is 20.3 Å². The van der Waals surface area contributed by atoms with Gasteiger partial charge in [0.05, 0.1) is 19.5 Å². The number of nitrogen functional groups attached to an aromatic ring is 1. The van der Waals surface area contributed by atoms with Gasteiger partial charge in [0, 0.05) is 12.5 Å². The SMILES string of the molecule is CC1(C)OCC(CCn2cnc3nc(N)nc(Cl)c32)CO1. The standard InChI is InChI=1S/C13H18ClN5O2/c1-13(2)20-5-8(6-21-13)3-4-19-7-16-11-9(19)10(14)17-12(15)18-11/h7-8H,3-6H2,1-2H3,(H2,15,17,18). The third-order valence-electron chi connectivity index (χ3n) is 3.56. The molecular formula is C13H18ClN5O2. The molecule has 1 fully saturated rings. The summed E-state index contributed by atoms with van der Waals surface area (Å²) in [5, 5.41) is 0.326. The average Bonchev–Trinajstić information content (AvgIpc) is 2.80. The molecule has 0 aromatic carbocycles. The molecule has 0 atom stereocenters. The van der Waals surface area contributed by atoms with Crippen LogP contribution in [0.5, 0.6) is 0 Å². The predicted octanol–water partition coefficient (Wildman–Crippen LogP) is 1.85. The molecule has 2 aromatic rings. The summed E-state index contributed by atoms with van der Waals surface area (Å²) in [5.41, 5.74) is 6.79. The van der Waals surface area contributed by atoms with Gasteiger partial charge in [0.25, 0.3) is 0 Å². The number of nitrogens with two attached hydrogens (primary N) is 1. The Hall–Kier alpha value is -1.44. The Kier molecular flexibility index (Phi) is 3.73. The van der Waals surface area contributed by atoms with Crippen molar-refractivity contribution in [1.82, 2.24) is 19.5 Å². The first-order valence-corrected chi connectivity index (χ1v) is 7.24. The van der Waals surface area contributed by atoms with Crippen LogP contribution in [0.15, 0.2) is 6.33 Å². The molecule has 0 amide bonds. The summed E-state index contributed by atoms with van der Waals surface area (Å²) in [4.78, 5) is 12.3. The van der Waals surface area contributed by atoms with E-state index in [4.69, 9.17) is 26.8 Å². The van der Waals surface area contributed by atoms with Gasteiger partial charge in [-0.25, -0.2) is 4.98 Å². The second-order valence-corrected chi connectivity index (χ2v) is 6.02. The Balaban J connectivity index is 1.69. The average molecular weight is 312 g/mol. The number of halogens is 1. The Morgan fingerprint density at radius 3 is 2.81 bits per heavy atom. The van der Waals surface area contributed by atoms with E-state index < -0.39 is 5.79 Å². The van der Waals surface area contributed by atoms with Crippen LogP contribution in [0.3, 0.4) is 0 Å². The van der Waals surface area contributed by atoms with E-state index in [9.17, 15) is 0 Å². The minimum atomic E-state index is -0.479. The van der Waals surface area contributed by atoms with Crippen molar-refractivity contribution < 1.29 is 9.47 Å². The molecule has 0 unspecified atom stereocenters. The van der Waals surface area contributed by atoms with Gasteiger partial charge >= 0.3 is 0 Å². The van der Waals surface area contributed by atoms with Gasteiger partial charge in [-0.3, -0.25) is 0 Å². The molecule has 3 rings (SSSR count). The molecule has 1 saturated heterocycles. The number of aromatic nitrogens is 4. The summed E-state index contributed by atoms with van der Waals surface area (Å²) >= 11 is 6.13. The number of rotatable bonds is 3. The maximum atomic E-state index is 6.13. The number of anilines is 1. The number of nitrogens with zero attached hydrogens (tertiary/aromatic N) is 4. The highest BCUT2D eigenvalue weighted by atomic mass is 35.5. The van der Waals surface area contributed by atoms with Crippen molar-refractivity contribution in [2.24, 2.45) is 5.92 Å². The zero-order chi connectivity index (χ0) is 15.0. The van der Waals surface area contributed by atoms with Crippen LogP contribution in [-0.2, 0) is 16.0 Å². The summed E-state index contributed by atoms with van der Waals surface area (Å²) in [6.07, 6.45) is 2.61. The quantitative estimate of drug-likeness (QED) is 0.870. The topological polar surface area (TPSA) is 88.1 Å². The lowest BCUT2D eigenvalue weighted by atomic mass is 10.1. The molecule has 0 radical (unpaired) electrons. The fraction of sp³-hybridized carbons (Fsp3) is 0.615. The number of imidazole rings is 1. The molecule has 3 heterocycles. The number of hydrogen-bond acceptors (Lipinski definition) is 6. The van der Waals surface area contributed by atoms with Crippen molar-refractivity contribution in [2.75, 3.05) is 18.9 Å². The van der Waals surface area contributed by atoms with Crippen molar-refractivity contribution >= 4 is 28.7 Å². The van der Waals surface area contributed by atoms with Gasteiger partial charge in [-0.1, -0.05) is 11.6 Å². The van der Waals surface area contributed by atoms with Gasteiger partial charge < -0.3 is 19.8 Å². The Morgan fingerprint density at radius 1 is 1.38 bits per heavy atom. The van der Waals surface area contributed by atoms with Crippen LogP contribution in [0.4, 0.5) is 5.95 Å². The first kappa shape index (κ1) is 14.5. The van der Waals surface area contributed by atoms with Crippen molar-refractivity contribution in [3.63, 3.8) is 0 Å². The lowest BCUT2D eigenvalue weighted by Gasteiger charge is -2.35. The largest absolute Gasteiger partial charge is 0.368 e. The molecule has 21 heavy (non-hydrogen) atoms. The van der Waals surface area contributed by atoms with E-state index in [0.29, 0.717) is 35.4 Å². The maximum Gasteiger partial charge on any atom is 0.223 e. The van der Waals surface area contributed by atoms with Crippen LogP contribution < -0.4 is 5.73 Å². The maximum absolute atomic E-state index is 6.13. The van der Waals surface area contributed by atoms with Gasteiger partial charge in [0.15, 0.2) is 16.6 Å². The van der Waals surface area contributed by atoms with E-state index in [1.807, 2.05) is 18.4 Å². The van der Waals surface area contributed by atoms with Crippen LogP contribution in [0, 0.1) is 5.92 Å². The third kappa shape index (κ3) is 3.09. The summed E-state index contributed by atoms with van der Waals surface area (Å²) in [6, 6.07) is 0. The molecule has 0 spiro atoms. The summed E-state index contributed by atoms with van der Waals surface area (Å²) in [7, 11) is 0. The fourth-order valence-corrected chi connectivity index (χ4v) is 2.62. The van der Waals surface area contributed by atoms with E-state index in [1.54, 1.807) is 6.33 Å². The molecule has 0 aliphatic carbocycles. The second kappa shape index (κ2) is 5.40. The minimum Gasteiger partial charge on any atom is -0.368 e. The lowest BCUT2D eigenvalue weighted by Crippen LogP contribution is -2.39. The first-order valence-electron chi connectivity index (χ1n) is 6.86. The number of aryl methyl sites for hydroxylation is 1. The molecule has 1 aliphatic rings. The highest BCUT2D eigenvalue weighted by Crippen LogP contribution is 2.24. The minimum absolute atomic E-state index is 0.133. The van der Waals surface area contributed by atoms with Gasteiger partial charge in [0.1, 0.15) is 5.52 Å². The van der Waals surface area contributed by atoms with Gasteiger partial charge in [-0.15, -0.1) is 0 Å². The fourth-order valence-electron chi connectivity index (χ4n) is 2.34. The van der Waals surface area contributed by atoms with Gasteiger partial charge in [0.2, 0.25) is 5.95 Å². The number of fused-ring (bicyclic) bond motifs is 1. The normalized spacial score (nSPS) is 19.2. The molecular weight excluding hydrogens is 294 g/mol. The molecule has 8 heteroatoms. The zero-order valence-electron chi connectivity index (χ0n) is 12.0. The lowest BCUT2D eigenvalue weighted by molar-refractivity contribution is -0.262. The van der Waals surface area contributed by atoms with Crippen molar-refractivity contribution in [1.29, 1.82) is 0 Å². The number of hydrogen-bond donors (Lipinski definition) is 1. The number of ether oxygens (including phenoxy) is 2. The third-order valence-corrected chi connectivity index (χ3v) is 3.82. The molecule has 2 N–H and O–H groups in total. The molecule has 2 aromatic heterocycles. The molecule has 7 nitrogen and oxygen atoms in total. The molecule has 114 valence electrons. The molecule has 0 bridgehead atoms. The first-order chi connectivity index (χ1) is 9.94. The van der Waals surface area contributed by atoms with E-state index >= 15 is 0 Å². The van der Waals surface area contributed by atoms with E-state index in [0.717, 1.165) is 13.0 Å². The van der Waals surface area contributed by atoms with E-state index in [1.165, 1.54) is 0 Å². The zero-order valence-corrected chi connectivity index (χ0v) is 12.8. The second-order valence-electron chi connectivity index (χ2n) is 5.66. The van der Waals surface area contributed by atoms with Crippen molar-refractivity contribution in [3.8, 4) is 0 Å². The van der Waals surface area contributed by atoms with Crippen molar-refractivity contribution in [2.45, 2.75) is 32.6 Å². The summed E-state index contributed by atoms with van der Waals surface area (Å²) < 4.78 is 13.3.